The van der Waals surface area contributed by atoms with Gasteiger partial charge in [0.05, 0.1) is 12.1 Å². The van der Waals surface area contributed by atoms with Crippen LogP contribution < -0.4 is 0 Å². The summed E-state index contributed by atoms with van der Waals surface area (Å²) in [6, 6.07) is 0. The van der Waals surface area contributed by atoms with E-state index in [4.69, 9.17) is 4.84 Å². The Labute approximate surface area is 103 Å². The average Bonchev–Trinajstić information content (AvgIpc) is 2.64. The van der Waals surface area contributed by atoms with E-state index in [1.165, 1.54) is 32.1 Å². The first-order valence-corrected chi connectivity index (χ1v) is 7.24. The number of rotatable bonds is 1. The van der Waals surface area contributed by atoms with E-state index in [9.17, 15) is 5.11 Å². The van der Waals surface area contributed by atoms with E-state index in [-0.39, 0.29) is 18.2 Å². The Balaban J connectivity index is 1.69. The zero-order chi connectivity index (χ0) is 11.6. The third-order valence-corrected chi connectivity index (χ3v) is 6.20. The van der Waals surface area contributed by atoms with Crippen molar-refractivity contribution in [3.63, 3.8) is 0 Å². The lowest BCUT2D eigenvalue weighted by atomic mass is 9.47. The van der Waals surface area contributed by atoms with Gasteiger partial charge in [0.1, 0.15) is 6.10 Å². The van der Waals surface area contributed by atoms with Crippen LogP contribution in [0.4, 0.5) is 0 Å². The second-order valence-electron chi connectivity index (χ2n) is 6.91. The quantitative estimate of drug-likeness (QED) is 0.755. The summed E-state index contributed by atoms with van der Waals surface area (Å²) in [4.78, 5) is 5.87. The van der Waals surface area contributed by atoms with Gasteiger partial charge in [-0.1, -0.05) is 0 Å². The highest BCUT2D eigenvalue weighted by Crippen LogP contribution is 2.62. The van der Waals surface area contributed by atoms with E-state index >= 15 is 0 Å². The molecule has 4 aliphatic carbocycles. The second kappa shape index (κ2) is 3.46. The summed E-state index contributed by atoms with van der Waals surface area (Å²) in [5, 5.41) is 11.5. The summed E-state index contributed by atoms with van der Waals surface area (Å²) in [5.41, 5.74) is 0.279. The Kier molecular flexibility index (Phi) is 2.19. The maximum atomic E-state index is 9.37. The van der Waals surface area contributed by atoms with Crippen molar-refractivity contribution in [3.05, 3.63) is 0 Å². The molecular formula is C14H23NO2. The van der Waals surface area contributed by atoms with Crippen LogP contribution in [0.1, 0.15) is 38.5 Å². The molecule has 4 saturated carbocycles. The fraction of sp³-hybridized carbons (Fsp3) is 1.00. The van der Waals surface area contributed by atoms with Gasteiger partial charge in [-0.3, -0.25) is 4.84 Å². The van der Waals surface area contributed by atoms with Crippen molar-refractivity contribution < 1.29 is 9.94 Å². The van der Waals surface area contributed by atoms with Crippen molar-refractivity contribution in [3.8, 4) is 0 Å². The molecule has 3 heteroatoms. The molecule has 0 unspecified atom stereocenters. The molecule has 1 spiro atoms. The van der Waals surface area contributed by atoms with Crippen LogP contribution in [-0.2, 0) is 4.84 Å². The lowest BCUT2D eigenvalue weighted by Gasteiger charge is -2.61. The molecule has 1 heterocycles. The van der Waals surface area contributed by atoms with Gasteiger partial charge < -0.3 is 5.11 Å². The van der Waals surface area contributed by atoms with Crippen molar-refractivity contribution >= 4 is 0 Å². The normalized spacial score (nSPS) is 57.2. The smallest absolute Gasteiger partial charge is 0.104 e. The SMILES string of the molecule is CN1O[C@H](CO)CC12C1CC3CC(C1)CC2C3. The van der Waals surface area contributed by atoms with Gasteiger partial charge in [0.25, 0.3) is 0 Å². The van der Waals surface area contributed by atoms with Crippen LogP contribution in [0.5, 0.6) is 0 Å². The Morgan fingerprint density at radius 1 is 1.12 bits per heavy atom. The number of hydrogen-bond donors (Lipinski definition) is 1. The molecule has 5 rings (SSSR count). The predicted molar refractivity (Wildman–Crippen MR) is 64.1 cm³/mol. The van der Waals surface area contributed by atoms with Crippen LogP contribution in [0.3, 0.4) is 0 Å². The largest absolute Gasteiger partial charge is 0.394 e. The van der Waals surface area contributed by atoms with Crippen LogP contribution in [-0.4, -0.2) is 35.5 Å². The van der Waals surface area contributed by atoms with Crippen molar-refractivity contribution in [1.82, 2.24) is 5.06 Å². The molecule has 1 N–H and O–H groups in total. The molecule has 0 aromatic rings. The van der Waals surface area contributed by atoms with Crippen molar-refractivity contribution in [2.75, 3.05) is 13.7 Å². The van der Waals surface area contributed by atoms with Gasteiger partial charge in [0, 0.05) is 7.05 Å². The van der Waals surface area contributed by atoms with E-state index < -0.39 is 0 Å². The zero-order valence-corrected chi connectivity index (χ0v) is 10.6. The molecule has 3 nitrogen and oxygen atoms in total. The first kappa shape index (κ1) is 10.8. The van der Waals surface area contributed by atoms with Crippen molar-refractivity contribution in [2.45, 2.75) is 50.2 Å². The first-order valence-electron chi connectivity index (χ1n) is 7.24. The highest BCUT2D eigenvalue weighted by atomic mass is 16.7. The minimum atomic E-state index is 0.0533. The van der Waals surface area contributed by atoms with Gasteiger partial charge in [-0.05, 0) is 62.2 Å². The molecule has 0 radical (unpaired) electrons. The van der Waals surface area contributed by atoms with Crippen molar-refractivity contribution in [2.24, 2.45) is 23.7 Å². The zero-order valence-electron chi connectivity index (χ0n) is 10.6. The lowest BCUT2D eigenvalue weighted by molar-refractivity contribution is -0.230. The third-order valence-electron chi connectivity index (χ3n) is 6.20. The molecular weight excluding hydrogens is 214 g/mol. The molecule has 5 fully saturated rings. The van der Waals surface area contributed by atoms with Gasteiger partial charge in [0.15, 0.2) is 0 Å². The number of nitrogens with zero attached hydrogens (tertiary/aromatic N) is 1. The van der Waals surface area contributed by atoms with E-state index in [1.54, 1.807) is 0 Å². The van der Waals surface area contributed by atoms with Crippen LogP contribution in [0.2, 0.25) is 0 Å². The van der Waals surface area contributed by atoms with Crippen LogP contribution >= 0.6 is 0 Å². The lowest BCUT2D eigenvalue weighted by Crippen LogP contribution is -2.62. The molecule has 1 aliphatic heterocycles. The minimum absolute atomic E-state index is 0.0533. The molecule has 0 amide bonds. The minimum Gasteiger partial charge on any atom is -0.394 e. The Morgan fingerprint density at radius 2 is 1.71 bits per heavy atom. The molecule has 96 valence electrons. The molecule has 0 aromatic carbocycles. The predicted octanol–water partition coefficient (Wildman–Crippen LogP) is 1.81. The van der Waals surface area contributed by atoms with Gasteiger partial charge in [-0.15, -0.1) is 0 Å². The maximum Gasteiger partial charge on any atom is 0.104 e. The summed E-state index contributed by atoms with van der Waals surface area (Å²) < 4.78 is 0. The molecule has 1 atom stereocenters. The Hall–Kier alpha value is -0.120. The maximum absolute atomic E-state index is 9.37. The van der Waals surface area contributed by atoms with Gasteiger partial charge in [-0.2, -0.15) is 5.06 Å². The monoisotopic (exact) mass is 237 g/mol. The van der Waals surface area contributed by atoms with Crippen LogP contribution in [0, 0.1) is 23.7 Å². The molecule has 1 saturated heterocycles. The highest BCUT2D eigenvalue weighted by Gasteiger charge is 2.62. The standard InChI is InChI=1S/C14H23NO2/c1-15-14(7-13(8-16)17-15)11-3-9-2-10(5-11)6-12(14)4-9/h9-13,16H,2-8H2,1H3/t9?,10?,11?,12?,13-,14?/m0/s1. The van der Waals surface area contributed by atoms with Gasteiger partial charge in [-0.25, -0.2) is 0 Å². The highest BCUT2D eigenvalue weighted by molar-refractivity contribution is 5.12. The summed E-state index contributed by atoms with van der Waals surface area (Å²) in [6.07, 6.45) is 8.28. The average molecular weight is 237 g/mol. The van der Waals surface area contributed by atoms with E-state index in [1.807, 2.05) is 0 Å². The first-order chi connectivity index (χ1) is 8.22. The number of aliphatic hydroxyl groups is 1. The van der Waals surface area contributed by atoms with Gasteiger partial charge in [0.2, 0.25) is 0 Å². The van der Waals surface area contributed by atoms with E-state index in [2.05, 4.69) is 12.1 Å². The second-order valence-corrected chi connectivity index (χ2v) is 6.91. The molecule has 0 aromatic heterocycles. The Bertz CT molecular complexity index is 302. The summed E-state index contributed by atoms with van der Waals surface area (Å²) in [6.45, 7) is 0.179. The molecule has 4 bridgehead atoms. The number of hydrogen-bond acceptors (Lipinski definition) is 3. The van der Waals surface area contributed by atoms with Gasteiger partial charge >= 0.3 is 0 Å². The topological polar surface area (TPSA) is 32.7 Å². The Morgan fingerprint density at radius 3 is 2.18 bits per heavy atom. The van der Waals surface area contributed by atoms with E-state index in [0.717, 1.165) is 30.1 Å². The molecule has 5 aliphatic rings. The summed E-state index contributed by atoms with van der Waals surface area (Å²) in [7, 11) is 2.11. The fourth-order valence-corrected chi connectivity index (χ4v) is 5.80. The van der Waals surface area contributed by atoms with Crippen molar-refractivity contribution in [1.29, 1.82) is 0 Å². The third kappa shape index (κ3) is 1.28. The van der Waals surface area contributed by atoms with Crippen LogP contribution in [0.25, 0.3) is 0 Å². The van der Waals surface area contributed by atoms with Crippen LogP contribution in [0.15, 0.2) is 0 Å². The summed E-state index contributed by atoms with van der Waals surface area (Å²) >= 11 is 0. The van der Waals surface area contributed by atoms with E-state index in [0.29, 0.717) is 0 Å². The fourth-order valence-electron chi connectivity index (χ4n) is 5.80. The molecule has 17 heavy (non-hydrogen) atoms. The number of aliphatic hydroxyl groups excluding tert-OH is 1. The number of hydroxylamine groups is 2. The summed E-state index contributed by atoms with van der Waals surface area (Å²) in [5.74, 6) is 3.68.